The van der Waals surface area contributed by atoms with Crippen LogP contribution in [-0.4, -0.2) is 70.9 Å². The summed E-state index contributed by atoms with van der Waals surface area (Å²) in [4.78, 5) is 22.4. The number of rotatable bonds is 5. The van der Waals surface area contributed by atoms with E-state index in [-0.39, 0.29) is 29.3 Å². The highest BCUT2D eigenvalue weighted by Crippen LogP contribution is 2.34. The molecule has 36 heavy (non-hydrogen) atoms. The molecule has 3 aromatic rings. The summed E-state index contributed by atoms with van der Waals surface area (Å²) >= 11 is 6.20. The van der Waals surface area contributed by atoms with Crippen molar-refractivity contribution in [3.8, 4) is 0 Å². The van der Waals surface area contributed by atoms with E-state index in [0.29, 0.717) is 30.3 Å². The molecular weight excluding hydrogens is 504 g/mol. The number of hydrogen-bond acceptors (Lipinski definition) is 7. The van der Waals surface area contributed by atoms with Crippen molar-refractivity contribution in [1.29, 1.82) is 0 Å². The van der Waals surface area contributed by atoms with E-state index in [9.17, 15) is 18.3 Å². The SMILES string of the molecule is Cc1cn2nc(C3CCCCCN3C(=O)c3cc(Cl)ccc3NS(C)(=O)=O)cc2nc1N1CC(O)C1. The van der Waals surface area contributed by atoms with Crippen molar-refractivity contribution >= 4 is 44.7 Å². The van der Waals surface area contributed by atoms with E-state index in [1.165, 1.54) is 12.1 Å². The molecule has 1 aromatic carbocycles. The number of carbonyl (C=O) groups is 1. The van der Waals surface area contributed by atoms with Crippen LogP contribution in [-0.2, 0) is 10.0 Å². The quantitative estimate of drug-likeness (QED) is 0.518. The number of likely N-dealkylation sites (tertiary alicyclic amines) is 1. The highest BCUT2D eigenvalue weighted by molar-refractivity contribution is 7.92. The molecule has 10 nitrogen and oxygen atoms in total. The fourth-order valence-electron chi connectivity index (χ4n) is 4.93. The van der Waals surface area contributed by atoms with Crippen LogP contribution in [0.4, 0.5) is 11.5 Å². The number of fused-ring (bicyclic) bond motifs is 1. The Labute approximate surface area is 214 Å². The van der Waals surface area contributed by atoms with Gasteiger partial charge in [0.2, 0.25) is 10.0 Å². The van der Waals surface area contributed by atoms with Crippen LogP contribution < -0.4 is 9.62 Å². The van der Waals surface area contributed by atoms with Gasteiger partial charge in [0.15, 0.2) is 5.65 Å². The van der Waals surface area contributed by atoms with Gasteiger partial charge in [-0.3, -0.25) is 9.52 Å². The van der Waals surface area contributed by atoms with Crippen molar-refractivity contribution in [3.63, 3.8) is 0 Å². The number of sulfonamides is 1. The molecule has 1 unspecified atom stereocenters. The largest absolute Gasteiger partial charge is 0.389 e. The number of aliphatic hydroxyl groups excluding tert-OH is 1. The maximum absolute atomic E-state index is 13.8. The van der Waals surface area contributed by atoms with Gasteiger partial charge in [0.1, 0.15) is 5.82 Å². The lowest BCUT2D eigenvalue weighted by molar-refractivity contribution is 0.0678. The van der Waals surface area contributed by atoms with Crippen LogP contribution in [0.3, 0.4) is 0 Å². The molecule has 2 N–H and O–H groups in total. The van der Waals surface area contributed by atoms with Crippen LogP contribution in [0, 0.1) is 6.92 Å². The average molecular weight is 533 g/mol. The first kappa shape index (κ1) is 24.8. The second-order valence-electron chi connectivity index (χ2n) is 9.61. The molecule has 192 valence electrons. The lowest BCUT2D eigenvalue weighted by atomic mass is 10.0. The van der Waals surface area contributed by atoms with Crippen molar-refractivity contribution in [2.75, 3.05) is 35.5 Å². The van der Waals surface area contributed by atoms with Crippen molar-refractivity contribution in [3.05, 3.63) is 52.3 Å². The Balaban J connectivity index is 1.51. The standard InChI is InChI=1S/C24H29ClN6O4S/c1-15-12-31-22(26-23(15)29-13-17(32)14-29)11-20(27-31)21-6-4-3-5-9-30(21)24(33)18-10-16(25)7-8-19(18)28-36(2,34)35/h7-8,10-12,17,21,28,32H,3-6,9,13-14H2,1-2H3. The molecule has 2 aliphatic rings. The summed E-state index contributed by atoms with van der Waals surface area (Å²) in [5, 5.41) is 14.8. The molecule has 5 rings (SSSR count). The Morgan fingerprint density at radius 3 is 2.69 bits per heavy atom. The molecule has 4 heterocycles. The number of nitrogens with one attached hydrogen (secondary N) is 1. The lowest BCUT2D eigenvalue weighted by Crippen LogP contribution is -2.51. The first-order valence-electron chi connectivity index (χ1n) is 12.0. The van der Waals surface area contributed by atoms with Crippen molar-refractivity contribution in [2.24, 2.45) is 0 Å². The lowest BCUT2D eigenvalue weighted by Gasteiger charge is -2.37. The van der Waals surface area contributed by atoms with Gasteiger partial charge in [0.05, 0.1) is 35.3 Å². The van der Waals surface area contributed by atoms with Crippen LogP contribution in [0.1, 0.15) is 53.3 Å². The van der Waals surface area contributed by atoms with Gasteiger partial charge in [-0.05, 0) is 38.0 Å². The topological polar surface area (TPSA) is 120 Å². The minimum Gasteiger partial charge on any atom is -0.389 e. The summed E-state index contributed by atoms with van der Waals surface area (Å²) in [5.74, 6) is 0.524. The minimum absolute atomic E-state index is 0.198. The summed E-state index contributed by atoms with van der Waals surface area (Å²) in [6.07, 6.45) is 6.12. The summed E-state index contributed by atoms with van der Waals surface area (Å²) in [5.41, 5.74) is 2.76. The zero-order chi connectivity index (χ0) is 25.6. The number of aryl methyl sites for hydroxylation is 1. The normalized spacial score (nSPS) is 19.3. The number of β-amino-alcohol motifs (C(OH)–C–C–N with tert-alkyl or cyclic N) is 1. The highest BCUT2D eigenvalue weighted by Gasteiger charge is 2.32. The van der Waals surface area contributed by atoms with Crippen LogP contribution in [0.15, 0.2) is 30.5 Å². The number of anilines is 2. The summed E-state index contributed by atoms with van der Waals surface area (Å²) in [6, 6.07) is 6.18. The molecular formula is C24H29ClN6O4S. The van der Waals surface area contributed by atoms with E-state index in [4.69, 9.17) is 21.7 Å². The predicted octanol–water partition coefficient (Wildman–Crippen LogP) is 3.00. The number of hydrogen-bond donors (Lipinski definition) is 2. The third-order valence-electron chi connectivity index (χ3n) is 6.65. The van der Waals surface area contributed by atoms with Gasteiger partial charge in [0, 0.05) is 42.5 Å². The summed E-state index contributed by atoms with van der Waals surface area (Å²) in [6.45, 7) is 3.59. The Bertz CT molecular complexity index is 1420. The molecule has 0 saturated carbocycles. The van der Waals surface area contributed by atoms with Crippen molar-refractivity contribution < 1.29 is 18.3 Å². The van der Waals surface area contributed by atoms with E-state index >= 15 is 0 Å². The Morgan fingerprint density at radius 2 is 1.97 bits per heavy atom. The Kier molecular flexibility index (Phi) is 6.56. The van der Waals surface area contributed by atoms with Crippen LogP contribution in [0.5, 0.6) is 0 Å². The van der Waals surface area contributed by atoms with E-state index in [1.807, 2.05) is 24.1 Å². The van der Waals surface area contributed by atoms with Gasteiger partial charge in [-0.2, -0.15) is 5.10 Å². The van der Waals surface area contributed by atoms with Crippen molar-refractivity contribution in [1.82, 2.24) is 19.5 Å². The first-order valence-corrected chi connectivity index (χ1v) is 14.2. The Morgan fingerprint density at radius 1 is 1.19 bits per heavy atom. The molecule has 1 atom stereocenters. The highest BCUT2D eigenvalue weighted by atomic mass is 35.5. The second kappa shape index (κ2) is 9.53. The smallest absolute Gasteiger partial charge is 0.256 e. The fraction of sp³-hybridized carbons (Fsp3) is 0.458. The number of amides is 1. The van der Waals surface area contributed by atoms with Crippen LogP contribution >= 0.6 is 11.6 Å². The van der Waals surface area contributed by atoms with E-state index in [0.717, 1.165) is 49.0 Å². The number of aromatic nitrogens is 3. The summed E-state index contributed by atoms with van der Waals surface area (Å²) < 4.78 is 28.0. The number of carbonyl (C=O) groups excluding carboxylic acids is 1. The molecule has 2 saturated heterocycles. The first-order chi connectivity index (χ1) is 17.1. The number of aliphatic hydroxyl groups is 1. The van der Waals surface area contributed by atoms with E-state index in [1.54, 1.807) is 15.5 Å². The Hall–Kier alpha value is -2.89. The van der Waals surface area contributed by atoms with Crippen molar-refractivity contribution in [2.45, 2.75) is 44.8 Å². The molecule has 2 fully saturated rings. The summed E-state index contributed by atoms with van der Waals surface area (Å²) in [7, 11) is -3.59. The molecule has 2 aromatic heterocycles. The number of nitrogens with zero attached hydrogens (tertiary/aromatic N) is 5. The van der Waals surface area contributed by atoms with Crippen LogP contribution in [0.25, 0.3) is 5.65 Å². The molecule has 0 bridgehead atoms. The van der Waals surface area contributed by atoms with E-state index < -0.39 is 10.0 Å². The second-order valence-corrected chi connectivity index (χ2v) is 11.8. The van der Waals surface area contributed by atoms with Crippen LogP contribution in [0.2, 0.25) is 5.02 Å². The third-order valence-corrected chi connectivity index (χ3v) is 7.47. The average Bonchev–Trinajstić information content (AvgIpc) is 3.03. The molecule has 2 aliphatic heterocycles. The van der Waals surface area contributed by atoms with Gasteiger partial charge < -0.3 is 14.9 Å². The zero-order valence-corrected chi connectivity index (χ0v) is 21.8. The third kappa shape index (κ3) is 5.00. The fourth-order valence-corrected chi connectivity index (χ4v) is 5.68. The van der Waals surface area contributed by atoms with Gasteiger partial charge in [-0.25, -0.2) is 17.9 Å². The molecule has 0 spiro atoms. The van der Waals surface area contributed by atoms with Gasteiger partial charge in [0.25, 0.3) is 5.91 Å². The molecule has 1 amide bonds. The monoisotopic (exact) mass is 532 g/mol. The van der Waals surface area contributed by atoms with E-state index in [2.05, 4.69) is 4.72 Å². The van der Waals surface area contributed by atoms with Gasteiger partial charge in [-0.15, -0.1) is 0 Å². The van der Waals surface area contributed by atoms with Gasteiger partial charge >= 0.3 is 0 Å². The number of halogens is 1. The maximum atomic E-state index is 13.8. The molecule has 0 radical (unpaired) electrons. The minimum atomic E-state index is -3.59. The van der Waals surface area contributed by atoms with Gasteiger partial charge in [-0.1, -0.05) is 24.4 Å². The molecule has 12 heteroatoms. The predicted molar refractivity (Wildman–Crippen MR) is 138 cm³/mol. The molecule has 0 aliphatic carbocycles. The number of benzene rings is 1. The zero-order valence-electron chi connectivity index (χ0n) is 20.2. The maximum Gasteiger partial charge on any atom is 0.256 e.